The van der Waals surface area contributed by atoms with Gasteiger partial charge < -0.3 is 15.1 Å². The number of anilines is 2. The first-order valence-corrected chi connectivity index (χ1v) is 11.1. The number of pyridine rings is 1. The predicted molar refractivity (Wildman–Crippen MR) is 120 cm³/mol. The second kappa shape index (κ2) is 9.38. The highest BCUT2D eigenvalue weighted by Crippen LogP contribution is 2.27. The molecule has 1 aromatic carbocycles. The van der Waals surface area contributed by atoms with Crippen molar-refractivity contribution in [1.29, 1.82) is 0 Å². The number of nitrogens with one attached hydrogen (secondary N) is 1. The topological polar surface area (TPSA) is 78.4 Å². The maximum atomic E-state index is 13.2. The Morgan fingerprint density at radius 3 is 2.84 bits per heavy atom. The summed E-state index contributed by atoms with van der Waals surface area (Å²) in [5.41, 5.74) is 2.11. The van der Waals surface area contributed by atoms with Crippen LogP contribution in [-0.4, -0.2) is 52.9 Å². The summed E-state index contributed by atoms with van der Waals surface area (Å²) in [5, 5.41) is 3.68. The number of thiazole rings is 1. The monoisotopic (exact) mass is 441 g/mol. The Morgan fingerprint density at radius 1 is 1.16 bits per heavy atom. The second-order valence-electron chi connectivity index (χ2n) is 7.55. The summed E-state index contributed by atoms with van der Waals surface area (Å²) >= 11 is 1.56. The molecule has 1 aliphatic rings. The summed E-state index contributed by atoms with van der Waals surface area (Å²) in [6, 6.07) is 8.03. The molecule has 9 heteroatoms. The Hall–Kier alpha value is -3.07. The van der Waals surface area contributed by atoms with Crippen LogP contribution in [-0.2, 0) is 9.59 Å². The van der Waals surface area contributed by atoms with Gasteiger partial charge in [-0.25, -0.2) is 14.4 Å². The van der Waals surface area contributed by atoms with Crippen molar-refractivity contribution in [2.24, 2.45) is 0 Å². The van der Waals surface area contributed by atoms with Crippen LogP contribution in [0, 0.1) is 12.7 Å². The van der Waals surface area contributed by atoms with E-state index < -0.39 is 0 Å². The van der Waals surface area contributed by atoms with Crippen molar-refractivity contribution >= 4 is 44.3 Å². The Bertz CT molecular complexity index is 1070. The van der Waals surface area contributed by atoms with Gasteiger partial charge in [-0.3, -0.25) is 9.59 Å². The molecule has 4 rings (SSSR count). The van der Waals surface area contributed by atoms with E-state index in [1.54, 1.807) is 24.5 Å². The zero-order valence-corrected chi connectivity index (χ0v) is 18.1. The van der Waals surface area contributed by atoms with E-state index in [1.165, 1.54) is 18.2 Å². The van der Waals surface area contributed by atoms with Gasteiger partial charge in [0.2, 0.25) is 11.8 Å². The van der Waals surface area contributed by atoms with Gasteiger partial charge in [-0.05, 0) is 49.2 Å². The number of rotatable bonds is 5. The number of carbonyl (C=O) groups excluding carboxylic acids is 2. The van der Waals surface area contributed by atoms with Crippen molar-refractivity contribution in [2.75, 3.05) is 36.4 Å². The quantitative estimate of drug-likeness (QED) is 0.655. The van der Waals surface area contributed by atoms with Crippen molar-refractivity contribution < 1.29 is 14.0 Å². The van der Waals surface area contributed by atoms with Gasteiger partial charge in [0, 0.05) is 50.9 Å². The molecule has 0 atom stereocenters. The Balaban J connectivity index is 1.28. The number of hydrogen-bond acceptors (Lipinski definition) is 6. The Labute approximate surface area is 183 Å². The van der Waals surface area contributed by atoms with Crippen LogP contribution in [0.3, 0.4) is 0 Å². The average molecular weight is 442 g/mol. The number of aromatic nitrogens is 2. The normalized spacial score (nSPS) is 14.5. The molecule has 0 bridgehead atoms. The largest absolute Gasteiger partial charge is 0.346 e. The van der Waals surface area contributed by atoms with Crippen LogP contribution in [0.2, 0.25) is 0 Å². The van der Waals surface area contributed by atoms with Crippen molar-refractivity contribution in [3.8, 4) is 0 Å². The molecule has 0 aliphatic carbocycles. The third kappa shape index (κ3) is 5.16. The van der Waals surface area contributed by atoms with Crippen LogP contribution < -0.4 is 10.2 Å². The number of aryl methyl sites for hydroxylation is 1. The summed E-state index contributed by atoms with van der Waals surface area (Å²) in [6.45, 7) is 4.52. The number of nitrogens with zero attached hydrogens (tertiary/aromatic N) is 4. The number of benzene rings is 1. The molecule has 0 spiro atoms. The molecule has 0 radical (unpaired) electrons. The molecular weight excluding hydrogens is 417 g/mol. The SMILES string of the molecule is Cc1cc(F)ccc1NC(=O)CCC(=O)N1CCCN(c2nc3cccnc3s2)CC1. The van der Waals surface area contributed by atoms with E-state index in [2.05, 4.69) is 20.2 Å². The molecule has 7 nitrogen and oxygen atoms in total. The molecule has 1 saturated heterocycles. The van der Waals surface area contributed by atoms with Crippen molar-refractivity contribution in [3.63, 3.8) is 0 Å². The lowest BCUT2D eigenvalue weighted by atomic mass is 10.2. The molecule has 31 heavy (non-hydrogen) atoms. The van der Waals surface area contributed by atoms with Gasteiger partial charge in [0.15, 0.2) is 5.13 Å². The third-order valence-corrected chi connectivity index (χ3v) is 6.34. The van der Waals surface area contributed by atoms with Crippen LogP contribution in [0.1, 0.15) is 24.8 Å². The lowest BCUT2D eigenvalue weighted by Crippen LogP contribution is -2.35. The van der Waals surface area contributed by atoms with Crippen LogP contribution >= 0.6 is 11.3 Å². The summed E-state index contributed by atoms with van der Waals surface area (Å²) in [7, 11) is 0. The van der Waals surface area contributed by atoms with E-state index in [0.29, 0.717) is 30.9 Å². The molecule has 1 N–H and O–H groups in total. The molecule has 162 valence electrons. The highest BCUT2D eigenvalue weighted by atomic mass is 32.1. The van der Waals surface area contributed by atoms with E-state index in [9.17, 15) is 14.0 Å². The van der Waals surface area contributed by atoms with E-state index in [0.717, 1.165) is 28.4 Å². The first-order valence-electron chi connectivity index (χ1n) is 10.3. The summed E-state index contributed by atoms with van der Waals surface area (Å²) in [5.74, 6) is -0.622. The fourth-order valence-electron chi connectivity index (χ4n) is 3.61. The standard InChI is InChI=1S/C22H24FN5O2S/c1-15-14-16(23)5-6-17(15)25-19(29)7-8-20(30)27-10-3-11-28(13-12-27)22-26-18-4-2-9-24-21(18)31-22/h2,4-6,9,14H,3,7-8,10-13H2,1H3,(H,25,29). The molecule has 2 amide bonds. The Kier molecular flexibility index (Phi) is 6.41. The smallest absolute Gasteiger partial charge is 0.224 e. The lowest BCUT2D eigenvalue weighted by molar-refractivity contribution is -0.132. The van der Waals surface area contributed by atoms with Crippen LogP contribution in [0.5, 0.6) is 0 Å². The van der Waals surface area contributed by atoms with Crippen molar-refractivity contribution in [3.05, 3.63) is 47.9 Å². The number of hydrogen-bond donors (Lipinski definition) is 1. The number of halogens is 1. The molecule has 1 fully saturated rings. The van der Waals surface area contributed by atoms with Gasteiger partial charge in [-0.1, -0.05) is 11.3 Å². The van der Waals surface area contributed by atoms with Crippen molar-refractivity contribution in [1.82, 2.24) is 14.9 Å². The van der Waals surface area contributed by atoms with Gasteiger partial charge in [-0.15, -0.1) is 0 Å². The summed E-state index contributed by atoms with van der Waals surface area (Å²) in [6.07, 6.45) is 2.85. The van der Waals surface area contributed by atoms with Crippen LogP contribution in [0.15, 0.2) is 36.5 Å². The molecule has 0 unspecified atom stereocenters. The summed E-state index contributed by atoms with van der Waals surface area (Å²) < 4.78 is 13.2. The molecule has 2 aromatic heterocycles. The van der Waals surface area contributed by atoms with Gasteiger partial charge in [0.1, 0.15) is 16.2 Å². The van der Waals surface area contributed by atoms with Gasteiger partial charge in [0.05, 0.1) is 0 Å². The zero-order chi connectivity index (χ0) is 21.8. The summed E-state index contributed by atoms with van der Waals surface area (Å²) in [4.78, 5) is 38.8. The lowest BCUT2D eigenvalue weighted by Gasteiger charge is -2.21. The molecule has 3 aromatic rings. The van der Waals surface area contributed by atoms with Gasteiger partial charge in [-0.2, -0.15) is 0 Å². The number of amides is 2. The maximum absolute atomic E-state index is 13.2. The van der Waals surface area contributed by atoms with E-state index in [1.807, 2.05) is 17.0 Å². The van der Waals surface area contributed by atoms with E-state index >= 15 is 0 Å². The van der Waals surface area contributed by atoms with E-state index in [-0.39, 0.29) is 30.5 Å². The maximum Gasteiger partial charge on any atom is 0.224 e. The zero-order valence-electron chi connectivity index (χ0n) is 17.3. The molecule has 3 heterocycles. The predicted octanol–water partition coefficient (Wildman–Crippen LogP) is 3.60. The molecular formula is C22H24FN5O2S. The third-order valence-electron chi connectivity index (χ3n) is 5.30. The average Bonchev–Trinajstić information content (AvgIpc) is 3.03. The fourth-order valence-corrected chi connectivity index (χ4v) is 4.57. The number of carbonyl (C=O) groups is 2. The highest BCUT2D eigenvalue weighted by molar-refractivity contribution is 7.21. The van der Waals surface area contributed by atoms with E-state index in [4.69, 9.17) is 0 Å². The first kappa shape index (κ1) is 21.2. The number of fused-ring (bicyclic) bond motifs is 1. The first-order chi connectivity index (χ1) is 15.0. The molecule has 1 aliphatic heterocycles. The highest BCUT2D eigenvalue weighted by Gasteiger charge is 2.22. The van der Waals surface area contributed by atoms with Gasteiger partial charge in [0.25, 0.3) is 0 Å². The molecule has 0 saturated carbocycles. The second-order valence-corrected chi connectivity index (χ2v) is 8.51. The minimum Gasteiger partial charge on any atom is -0.346 e. The minimum absolute atomic E-state index is 0.0289. The van der Waals surface area contributed by atoms with Crippen LogP contribution in [0.4, 0.5) is 15.2 Å². The Morgan fingerprint density at radius 2 is 2.03 bits per heavy atom. The van der Waals surface area contributed by atoms with Gasteiger partial charge >= 0.3 is 0 Å². The minimum atomic E-state index is -0.344. The van der Waals surface area contributed by atoms with Crippen molar-refractivity contribution in [2.45, 2.75) is 26.2 Å². The fraction of sp³-hybridized carbons (Fsp3) is 0.364. The van der Waals surface area contributed by atoms with Crippen LogP contribution in [0.25, 0.3) is 10.3 Å².